The summed E-state index contributed by atoms with van der Waals surface area (Å²) in [6.45, 7) is 6.32. The monoisotopic (exact) mass is 519 g/mol. The second-order valence-corrected chi connectivity index (χ2v) is 9.04. The first-order chi connectivity index (χ1) is 18.6. The van der Waals surface area contributed by atoms with Gasteiger partial charge in [0, 0.05) is 13.7 Å². The highest BCUT2D eigenvalue weighted by Crippen LogP contribution is 2.40. The van der Waals surface area contributed by atoms with Crippen LogP contribution in [0, 0.1) is 0 Å². The fraction of sp³-hybridized carbons (Fsp3) is 0.355. The Labute approximate surface area is 225 Å². The van der Waals surface area contributed by atoms with Gasteiger partial charge in [0.1, 0.15) is 24.2 Å². The molecule has 0 aromatic heterocycles. The highest BCUT2D eigenvalue weighted by atomic mass is 16.7. The van der Waals surface area contributed by atoms with Crippen LogP contribution in [0.5, 0.6) is 23.0 Å². The van der Waals surface area contributed by atoms with Crippen molar-refractivity contribution < 1.29 is 28.8 Å². The Morgan fingerprint density at radius 1 is 0.868 bits per heavy atom. The van der Waals surface area contributed by atoms with Crippen LogP contribution >= 0.6 is 0 Å². The van der Waals surface area contributed by atoms with Gasteiger partial charge < -0.3 is 34.1 Å². The lowest BCUT2D eigenvalue weighted by molar-refractivity contribution is 0.0511. The van der Waals surface area contributed by atoms with Crippen LogP contribution in [0.4, 0.5) is 0 Å². The third-order valence-corrected chi connectivity index (χ3v) is 6.25. The summed E-state index contributed by atoms with van der Waals surface area (Å²) in [6, 6.07) is 22.1. The third-order valence-electron chi connectivity index (χ3n) is 6.25. The number of hydrogen-bond acceptors (Lipinski definition) is 7. The molecule has 38 heavy (non-hydrogen) atoms. The second-order valence-electron chi connectivity index (χ2n) is 9.04. The van der Waals surface area contributed by atoms with Crippen LogP contribution in [0.3, 0.4) is 0 Å². The van der Waals surface area contributed by atoms with E-state index in [0.717, 1.165) is 58.9 Å². The highest BCUT2D eigenvalue weighted by Gasteiger charge is 2.18. The molecule has 4 rings (SSSR count). The van der Waals surface area contributed by atoms with Gasteiger partial charge in [-0.05, 0) is 83.6 Å². The summed E-state index contributed by atoms with van der Waals surface area (Å²) in [5.41, 5.74) is 5.49. The van der Waals surface area contributed by atoms with Crippen LogP contribution in [0.2, 0.25) is 0 Å². The predicted molar refractivity (Wildman–Crippen MR) is 149 cm³/mol. The molecule has 1 aliphatic heterocycles. The van der Waals surface area contributed by atoms with Gasteiger partial charge in [0.05, 0.1) is 0 Å². The lowest BCUT2D eigenvalue weighted by Gasteiger charge is -2.18. The van der Waals surface area contributed by atoms with Crippen molar-refractivity contribution in [3.8, 4) is 23.0 Å². The summed E-state index contributed by atoms with van der Waals surface area (Å²) in [4.78, 5) is 0. The predicted octanol–water partition coefficient (Wildman–Crippen LogP) is 5.51. The molecule has 1 unspecified atom stereocenters. The number of nitrogens with one attached hydrogen (secondary N) is 1. The molecular weight excluding hydrogens is 482 g/mol. The van der Waals surface area contributed by atoms with Crippen LogP contribution in [-0.4, -0.2) is 51.6 Å². The van der Waals surface area contributed by atoms with Gasteiger partial charge >= 0.3 is 0 Å². The van der Waals surface area contributed by atoms with Crippen molar-refractivity contribution in [2.24, 2.45) is 0 Å². The number of ether oxygens (including phenoxy) is 5. The summed E-state index contributed by atoms with van der Waals surface area (Å²) in [5.74, 6) is 2.98. The van der Waals surface area contributed by atoms with Crippen molar-refractivity contribution in [3.05, 3.63) is 83.4 Å². The summed E-state index contributed by atoms with van der Waals surface area (Å²) in [5, 5.41) is 13.4. The number of allylic oxidation sites excluding steroid dienone is 1. The van der Waals surface area contributed by atoms with Crippen LogP contribution in [0.15, 0.2) is 66.7 Å². The number of aliphatic hydroxyl groups is 1. The molecule has 1 heterocycles. The fourth-order valence-electron chi connectivity index (χ4n) is 4.38. The SMILES string of the molecule is CCCNCC(O)COc1ccc(/C(=C(/CC)c2ccc3c(c2)OCO3)c2ccc(OCOC)cc2)cc1. The van der Waals surface area contributed by atoms with Gasteiger partial charge in [0.25, 0.3) is 0 Å². The van der Waals surface area contributed by atoms with E-state index < -0.39 is 6.10 Å². The minimum atomic E-state index is -0.562. The zero-order valence-electron chi connectivity index (χ0n) is 22.4. The van der Waals surface area contributed by atoms with Gasteiger partial charge in [-0.25, -0.2) is 0 Å². The van der Waals surface area contributed by atoms with Crippen LogP contribution in [0.1, 0.15) is 43.4 Å². The van der Waals surface area contributed by atoms with Crippen molar-refractivity contribution in [2.45, 2.75) is 32.8 Å². The Balaban J connectivity index is 1.64. The Morgan fingerprint density at radius 3 is 2.13 bits per heavy atom. The van der Waals surface area contributed by atoms with E-state index in [-0.39, 0.29) is 20.2 Å². The number of benzene rings is 3. The third kappa shape index (κ3) is 7.07. The second kappa shape index (κ2) is 13.9. The van der Waals surface area contributed by atoms with E-state index in [9.17, 15) is 5.11 Å². The minimum absolute atomic E-state index is 0.199. The molecule has 0 bridgehead atoms. The van der Waals surface area contributed by atoms with Crippen LogP contribution < -0.4 is 24.3 Å². The van der Waals surface area contributed by atoms with Crippen molar-refractivity contribution >= 4 is 11.1 Å². The smallest absolute Gasteiger partial charge is 0.231 e. The average Bonchev–Trinajstić information content (AvgIpc) is 3.43. The zero-order chi connectivity index (χ0) is 26.7. The molecular formula is C31H37NO6. The van der Waals surface area contributed by atoms with E-state index in [0.29, 0.717) is 12.3 Å². The molecule has 1 aliphatic rings. The van der Waals surface area contributed by atoms with Crippen molar-refractivity contribution in [3.63, 3.8) is 0 Å². The van der Waals surface area contributed by atoms with Crippen molar-refractivity contribution in [1.29, 1.82) is 0 Å². The topological polar surface area (TPSA) is 78.4 Å². The Hall–Kier alpha value is -3.52. The molecule has 0 radical (unpaired) electrons. The lowest BCUT2D eigenvalue weighted by Crippen LogP contribution is -2.31. The number of rotatable bonds is 14. The number of hydrogen-bond donors (Lipinski definition) is 2. The van der Waals surface area contributed by atoms with Crippen molar-refractivity contribution in [1.82, 2.24) is 5.32 Å². The molecule has 0 saturated heterocycles. The summed E-state index contributed by atoms with van der Waals surface area (Å²) in [7, 11) is 1.60. The van der Waals surface area contributed by atoms with Gasteiger partial charge in [-0.1, -0.05) is 44.2 Å². The maximum atomic E-state index is 10.2. The normalized spacial score (nSPS) is 13.7. The number of fused-ring (bicyclic) bond motifs is 1. The molecule has 3 aromatic carbocycles. The summed E-state index contributed by atoms with van der Waals surface area (Å²) < 4.78 is 27.7. The molecule has 2 N–H and O–H groups in total. The van der Waals surface area contributed by atoms with E-state index in [2.05, 4.69) is 49.5 Å². The Morgan fingerprint density at radius 2 is 1.50 bits per heavy atom. The first-order valence-corrected chi connectivity index (χ1v) is 13.1. The number of aliphatic hydroxyl groups excluding tert-OH is 1. The maximum absolute atomic E-state index is 10.2. The van der Waals surface area contributed by atoms with Gasteiger partial charge in [-0.15, -0.1) is 0 Å². The van der Waals surface area contributed by atoms with Crippen LogP contribution in [0.25, 0.3) is 11.1 Å². The molecule has 0 amide bonds. The Kier molecular flexibility index (Phi) is 10.0. The quantitative estimate of drug-likeness (QED) is 0.165. The summed E-state index contributed by atoms with van der Waals surface area (Å²) in [6.07, 6.45) is 1.28. The maximum Gasteiger partial charge on any atom is 0.231 e. The van der Waals surface area contributed by atoms with Gasteiger partial charge in [-0.3, -0.25) is 0 Å². The average molecular weight is 520 g/mol. The first-order valence-electron chi connectivity index (χ1n) is 13.1. The largest absolute Gasteiger partial charge is 0.491 e. The first kappa shape index (κ1) is 27.5. The molecule has 202 valence electrons. The van der Waals surface area contributed by atoms with E-state index in [4.69, 9.17) is 23.7 Å². The Bertz CT molecular complexity index is 1190. The van der Waals surface area contributed by atoms with Gasteiger partial charge in [0.2, 0.25) is 6.79 Å². The molecule has 0 aliphatic carbocycles. The molecule has 0 saturated carbocycles. The standard InChI is InChI=1S/C31H37NO6/c1-4-16-32-18-25(33)19-35-26-11-6-22(7-12-26)31(23-8-13-27(14-9-23)36-20-34-3)28(5-2)24-10-15-29-30(17-24)38-21-37-29/h6-15,17,25,32-33H,4-5,16,18-21H2,1-3H3/b31-28+. The fourth-order valence-corrected chi connectivity index (χ4v) is 4.38. The van der Waals surface area contributed by atoms with E-state index in [1.54, 1.807) is 7.11 Å². The van der Waals surface area contributed by atoms with E-state index >= 15 is 0 Å². The molecule has 7 nitrogen and oxygen atoms in total. The molecule has 1 atom stereocenters. The summed E-state index contributed by atoms with van der Waals surface area (Å²) >= 11 is 0. The molecule has 3 aromatic rings. The van der Waals surface area contributed by atoms with E-state index in [1.165, 1.54) is 5.57 Å². The van der Waals surface area contributed by atoms with Crippen molar-refractivity contribution in [2.75, 3.05) is 40.4 Å². The lowest BCUT2D eigenvalue weighted by atomic mass is 9.88. The molecule has 0 spiro atoms. The van der Waals surface area contributed by atoms with Gasteiger partial charge in [0.15, 0.2) is 18.3 Å². The highest BCUT2D eigenvalue weighted by molar-refractivity contribution is 5.99. The molecule has 7 heteroatoms. The zero-order valence-corrected chi connectivity index (χ0v) is 22.4. The minimum Gasteiger partial charge on any atom is -0.491 e. The number of methoxy groups -OCH3 is 1. The van der Waals surface area contributed by atoms with Gasteiger partial charge in [-0.2, -0.15) is 0 Å². The van der Waals surface area contributed by atoms with E-state index in [1.807, 2.05) is 36.4 Å². The molecule has 0 fully saturated rings. The van der Waals surface area contributed by atoms with Crippen LogP contribution in [-0.2, 0) is 4.74 Å².